The molecule has 1 aliphatic carbocycles. The molecule has 1 saturated carbocycles. The fourth-order valence-corrected chi connectivity index (χ4v) is 5.73. The van der Waals surface area contributed by atoms with Crippen molar-refractivity contribution < 1.29 is 31.7 Å². The fourth-order valence-electron chi connectivity index (χ4n) is 4.54. The standard InChI is InChI=1S/C24H26BFN2O6S/c1-27-24(29)22-19-12-18(14-2-3-14)20(28-35(31,32)11-9-17-8-10-25(30)34-17)13-21(19)33-23(22)15-4-6-16(26)7-5-15/h4-7,12-14,17,28,30H,2-3,8-11H2,1H3,(H,27,29). The smallest absolute Gasteiger partial charge is 0.454 e. The number of furan rings is 1. The summed E-state index contributed by atoms with van der Waals surface area (Å²) in [6, 6.07) is 9.09. The first kappa shape index (κ1) is 23.8. The molecule has 0 spiro atoms. The molecule has 1 aromatic heterocycles. The van der Waals surface area contributed by atoms with Crippen LogP contribution in [0, 0.1) is 5.82 Å². The van der Waals surface area contributed by atoms with Crippen molar-refractivity contribution in [2.24, 2.45) is 0 Å². The summed E-state index contributed by atoms with van der Waals surface area (Å²) in [5, 5.41) is 12.7. The summed E-state index contributed by atoms with van der Waals surface area (Å²) in [6.45, 7) is 0. The highest BCUT2D eigenvalue weighted by molar-refractivity contribution is 7.92. The van der Waals surface area contributed by atoms with Gasteiger partial charge in [-0.3, -0.25) is 9.52 Å². The molecular formula is C24H26BFN2O6S. The van der Waals surface area contributed by atoms with Gasteiger partial charge in [0.2, 0.25) is 10.0 Å². The number of rotatable bonds is 8. The predicted octanol–water partition coefficient (Wildman–Crippen LogP) is 3.88. The van der Waals surface area contributed by atoms with Crippen LogP contribution in [0.2, 0.25) is 6.32 Å². The third-order valence-corrected chi connectivity index (χ3v) is 7.80. The number of carbonyl (C=O) groups excluding carboxylic acids is 1. The third-order valence-electron chi connectivity index (χ3n) is 6.50. The van der Waals surface area contributed by atoms with Gasteiger partial charge in [-0.2, -0.15) is 0 Å². The van der Waals surface area contributed by atoms with Gasteiger partial charge < -0.3 is 19.4 Å². The van der Waals surface area contributed by atoms with Crippen LogP contribution >= 0.6 is 0 Å². The van der Waals surface area contributed by atoms with Crippen molar-refractivity contribution in [2.45, 2.75) is 44.0 Å². The maximum atomic E-state index is 13.5. The number of fused-ring (bicyclic) bond motifs is 1. The Morgan fingerprint density at radius 2 is 1.94 bits per heavy atom. The van der Waals surface area contributed by atoms with E-state index in [0.717, 1.165) is 18.4 Å². The lowest BCUT2D eigenvalue weighted by atomic mass is 9.87. The summed E-state index contributed by atoms with van der Waals surface area (Å²) in [6.07, 6.45) is 2.97. The maximum Gasteiger partial charge on any atom is 0.454 e. The fraction of sp³-hybridized carbons (Fsp3) is 0.375. The monoisotopic (exact) mass is 500 g/mol. The molecular weight excluding hydrogens is 474 g/mol. The number of hydrogen-bond acceptors (Lipinski definition) is 6. The molecule has 3 N–H and O–H groups in total. The second-order valence-corrected chi connectivity index (χ2v) is 10.9. The molecule has 8 nitrogen and oxygen atoms in total. The summed E-state index contributed by atoms with van der Waals surface area (Å²) in [5.74, 6) is -0.423. The van der Waals surface area contributed by atoms with E-state index < -0.39 is 23.0 Å². The Labute approximate surface area is 203 Å². The van der Waals surface area contributed by atoms with E-state index in [-0.39, 0.29) is 35.9 Å². The van der Waals surface area contributed by atoms with E-state index in [0.29, 0.717) is 40.5 Å². The average Bonchev–Trinajstić information content (AvgIpc) is 3.48. The number of amides is 1. The van der Waals surface area contributed by atoms with Gasteiger partial charge in [0.25, 0.3) is 5.91 Å². The molecule has 2 heterocycles. The van der Waals surface area contributed by atoms with Crippen molar-refractivity contribution in [2.75, 3.05) is 17.5 Å². The molecule has 1 aliphatic heterocycles. The van der Waals surface area contributed by atoms with E-state index in [9.17, 15) is 22.6 Å². The van der Waals surface area contributed by atoms with Gasteiger partial charge in [-0.25, -0.2) is 12.8 Å². The van der Waals surface area contributed by atoms with Gasteiger partial charge in [-0.05, 0) is 73.8 Å². The highest BCUT2D eigenvalue weighted by Gasteiger charge is 2.32. The maximum absolute atomic E-state index is 13.5. The summed E-state index contributed by atoms with van der Waals surface area (Å²) in [7, 11) is -3.00. The first-order valence-electron chi connectivity index (χ1n) is 11.7. The first-order chi connectivity index (χ1) is 16.7. The van der Waals surface area contributed by atoms with E-state index in [1.165, 1.54) is 31.3 Å². The zero-order chi connectivity index (χ0) is 24.7. The van der Waals surface area contributed by atoms with Crippen LogP contribution in [0.4, 0.5) is 10.1 Å². The topological polar surface area (TPSA) is 118 Å². The number of sulfonamides is 1. The van der Waals surface area contributed by atoms with Crippen molar-refractivity contribution >= 4 is 39.7 Å². The van der Waals surface area contributed by atoms with Gasteiger partial charge >= 0.3 is 7.12 Å². The molecule has 184 valence electrons. The Balaban J connectivity index is 1.52. The van der Waals surface area contributed by atoms with Gasteiger partial charge in [-0.15, -0.1) is 0 Å². The molecule has 11 heteroatoms. The van der Waals surface area contributed by atoms with Crippen LogP contribution in [-0.4, -0.2) is 45.4 Å². The van der Waals surface area contributed by atoms with E-state index in [4.69, 9.17) is 9.07 Å². The van der Waals surface area contributed by atoms with Gasteiger partial charge in [0.1, 0.15) is 17.2 Å². The van der Waals surface area contributed by atoms with Crippen LogP contribution in [0.15, 0.2) is 40.8 Å². The van der Waals surface area contributed by atoms with Crippen molar-refractivity contribution in [1.29, 1.82) is 0 Å². The molecule has 1 saturated heterocycles. The molecule has 1 unspecified atom stereocenters. The number of anilines is 1. The minimum Gasteiger partial charge on any atom is -0.455 e. The Bertz CT molecular complexity index is 1370. The van der Waals surface area contributed by atoms with Gasteiger partial charge in [0.05, 0.1) is 17.0 Å². The zero-order valence-corrected chi connectivity index (χ0v) is 20.0. The van der Waals surface area contributed by atoms with E-state index in [2.05, 4.69) is 10.0 Å². The van der Waals surface area contributed by atoms with Crippen LogP contribution in [0.5, 0.6) is 0 Å². The molecule has 1 atom stereocenters. The van der Waals surface area contributed by atoms with Gasteiger partial charge in [0.15, 0.2) is 0 Å². The minimum atomic E-state index is -3.69. The van der Waals surface area contributed by atoms with Crippen LogP contribution in [-0.2, 0) is 14.7 Å². The zero-order valence-electron chi connectivity index (χ0n) is 19.2. The number of nitrogens with one attached hydrogen (secondary N) is 2. The van der Waals surface area contributed by atoms with Crippen molar-refractivity contribution in [3.63, 3.8) is 0 Å². The number of hydrogen-bond donors (Lipinski definition) is 3. The van der Waals surface area contributed by atoms with Crippen LogP contribution in [0.25, 0.3) is 22.3 Å². The molecule has 35 heavy (non-hydrogen) atoms. The van der Waals surface area contributed by atoms with Crippen LogP contribution < -0.4 is 10.0 Å². The Kier molecular flexibility index (Phi) is 6.33. The van der Waals surface area contributed by atoms with E-state index >= 15 is 0 Å². The summed E-state index contributed by atoms with van der Waals surface area (Å²) >= 11 is 0. The molecule has 5 rings (SSSR count). The lowest BCUT2D eigenvalue weighted by molar-refractivity contribution is 0.0964. The van der Waals surface area contributed by atoms with Gasteiger partial charge in [-0.1, -0.05) is 0 Å². The van der Waals surface area contributed by atoms with E-state index in [1.54, 1.807) is 6.07 Å². The summed E-state index contributed by atoms with van der Waals surface area (Å²) in [5.41, 5.74) is 2.45. The lowest BCUT2D eigenvalue weighted by Crippen LogP contribution is -2.22. The lowest BCUT2D eigenvalue weighted by Gasteiger charge is -2.15. The molecule has 1 amide bonds. The summed E-state index contributed by atoms with van der Waals surface area (Å²) < 4.78 is 53.3. The van der Waals surface area contributed by atoms with E-state index in [1.807, 2.05) is 6.07 Å². The highest BCUT2D eigenvalue weighted by Crippen LogP contribution is 2.47. The van der Waals surface area contributed by atoms with Crippen molar-refractivity contribution in [3.05, 3.63) is 53.3 Å². The van der Waals surface area contributed by atoms with Crippen LogP contribution in [0.3, 0.4) is 0 Å². The molecule has 2 aliphatic rings. The Morgan fingerprint density at radius 3 is 2.57 bits per heavy atom. The average molecular weight is 500 g/mol. The second kappa shape index (κ2) is 9.29. The van der Waals surface area contributed by atoms with Crippen LogP contribution in [0.1, 0.15) is 47.5 Å². The van der Waals surface area contributed by atoms with Crippen molar-refractivity contribution in [3.8, 4) is 11.3 Å². The molecule has 3 aromatic rings. The number of carbonyl (C=O) groups is 1. The number of halogens is 1. The molecule has 2 aromatic carbocycles. The minimum absolute atomic E-state index is 0.144. The quantitative estimate of drug-likeness (QED) is 0.404. The second-order valence-electron chi connectivity index (χ2n) is 9.10. The predicted molar refractivity (Wildman–Crippen MR) is 131 cm³/mol. The molecule has 0 radical (unpaired) electrons. The largest absolute Gasteiger partial charge is 0.455 e. The summed E-state index contributed by atoms with van der Waals surface area (Å²) in [4.78, 5) is 12.8. The normalized spacial score (nSPS) is 18.3. The number of benzene rings is 2. The molecule has 2 fully saturated rings. The highest BCUT2D eigenvalue weighted by atomic mass is 32.2. The molecule has 0 bridgehead atoms. The Hall–Kier alpha value is -2.89. The third kappa shape index (κ3) is 5.07. The Morgan fingerprint density at radius 1 is 1.20 bits per heavy atom. The first-order valence-corrected chi connectivity index (χ1v) is 13.3. The van der Waals surface area contributed by atoms with Gasteiger partial charge in [0, 0.05) is 30.2 Å². The van der Waals surface area contributed by atoms with Crippen molar-refractivity contribution in [1.82, 2.24) is 5.32 Å². The SMILES string of the molecule is CNC(=O)c1c(-c2ccc(F)cc2)oc2cc(NS(=O)(=O)CCC3CCB(O)O3)c(C3CC3)cc12.